The number of benzene rings is 1. The Morgan fingerprint density at radius 2 is 1.63 bits per heavy atom. The molecule has 1 aromatic heterocycles. The van der Waals surface area contributed by atoms with Gasteiger partial charge in [-0.3, -0.25) is 14.4 Å². The minimum atomic E-state index is -0.545. The third-order valence-corrected chi connectivity index (χ3v) is 5.03. The van der Waals surface area contributed by atoms with Crippen LogP contribution in [0.2, 0.25) is 0 Å². The van der Waals surface area contributed by atoms with Crippen LogP contribution in [-0.2, 0) is 4.74 Å². The average Bonchev–Trinajstić information content (AvgIpc) is 2.97. The van der Waals surface area contributed by atoms with E-state index in [1.165, 1.54) is 26.1 Å². The summed E-state index contributed by atoms with van der Waals surface area (Å²) in [6, 6.07) is 6.16. The number of hydrogen-bond donors (Lipinski definition) is 2. The molecule has 0 aliphatic rings. The fraction of sp³-hybridized carbons (Fsp3) is 0.263. The summed E-state index contributed by atoms with van der Waals surface area (Å²) >= 11 is 0.987. The zero-order valence-electron chi connectivity index (χ0n) is 15.5. The number of thiophene rings is 1. The van der Waals surface area contributed by atoms with E-state index in [9.17, 15) is 19.2 Å². The number of hydrogen-bond acceptors (Lipinski definition) is 6. The number of esters is 1. The summed E-state index contributed by atoms with van der Waals surface area (Å²) in [6.45, 7) is 4.96. The number of rotatable bonds is 6. The summed E-state index contributed by atoms with van der Waals surface area (Å²) in [5.74, 6) is -1.51. The van der Waals surface area contributed by atoms with Crippen molar-refractivity contribution >= 4 is 39.9 Å². The first-order valence-electron chi connectivity index (χ1n) is 8.25. The van der Waals surface area contributed by atoms with Crippen LogP contribution in [0.5, 0.6) is 0 Å². The van der Waals surface area contributed by atoms with Gasteiger partial charge in [-0.25, -0.2) is 4.79 Å². The maximum Gasteiger partial charge on any atom is 0.348 e. The lowest BCUT2D eigenvalue weighted by Gasteiger charge is -2.07. The Bertz CT molecular complexity index is 900. The predicted molar refractivity (Wildman–Crippen MR) is 103 cm³/mol. The quantitative estimate of drug-likeness (QED) is 0.585. The van der Waals surface area contributed by atoms with E-state index in [1.54, 1.807) is 26.0 Å². The molecule has 1 aromatic carbocycles. The molecule has 0 atom stereocenters. The van der Waals surface area contributed by atoms with Crippen molar-refractivity contribution in [1.29, 1.82) is 0 Å². The van der Waals surface area contributed by atoms with E-state index >= 15 is 0 Å². The van der Waals surface area contributed by atoms with Crippen LogP contribution in [0.15, 0.2) is 24.3 Å². The van der Waals surface area contributed by atoms with E-state index in [-0.39, 0.29) is 27.8 Å². The maximum atomic E-state index is 12.5. The molecule has 0 aliphatic heterocycles. The molecule has 0 saturated carbocycles. The summed E-state index contributed by atoms with van der Waals surface area (Å²) in [4.78, 5) is 48.5. The second kappa shape index (κ2) is 8.59. The van der Waals surface area contributed by atoms with E-state index in [1.807, 2.05) is 0 Å². The molecule has 7 nitrogen and oxygen atoms in total. The van der Waals surface area contributed by atoms with Crippen LogP contribution >= 0.6 is 11.3 Å². The Morgan fingerprint density at radius 1 is 1.04 bits per heavy atom. The molecule has 0 radical (unpaired) electrons. The van der Waals surface area contributed by atoms with Gasteiger partial charge >= 0.3 is 5.97 Å². The second-order valence-electron chi connectivity index (χ2n) is 5.65. The summed E-state index contributed by atoms with van der Waals surface area (Å²) in [7, 11) is 1.47. The highest BCUT2D eigenvalue weighted by Crippen LogP contribution is 2.34. The van der Waals surface area contributed by atoms with Crippen molar-refractivity contribution in [2.75, 3.05) is 19.0 Å². The van der Waals surface area contributed by atoms with Gasteiger partial charge in [0.15, 0.2) is 5.78 Å². The Kier molecular flexibility index (Phi) is 6.46. The van der Waals surface area contributed by atoms with Crippen LogP contribution in [0.4, 0.5) is 5.00 Å². The number of amides is 2. The third-order valence-electron chi connectivity index (χ3n) is 3.84. The van der Waals surface area contributed by atoms with Gasteiger partial charge in [0.1, 0.15) is 9.88 Å². The van der Waals surface area contributed by atoms with Crippen LogP contribution in [0.3, 0.4) is 0 Å². The molecular weight excluding hydrogens is 368 g/mol. The van der Waals surface area contributed by atoms with Gasteiger partial charge in [-0.05, 0) is 38.5 Å². The monoisotopic (exact) mass is 388 g/mol. The SMILES string of the molecule is CCOC(=O)c1sc(NC(=O)c2ccc(C(C)=O)cc2)c(C(=O)NC)c1C. The first-order chi connectivity index (χ1) is 12.8. The van der Waals surface area contributed by atoms with E-state index < -0.39 is 17.8 Å². The first kappa shape index (κ1) is 20.3. The number of anilines is 1. The van der Waals surface area contributed by atoms with Crippen molar-refractivity contribution in [3.63, 3.8) is 0 Å². The Morgan fingerprint density at radius 3 is 2.15 bits per heavy atom. The van der Waals surface area contributed by atoms with Crippen molar-refractivity contribution < 1.29 is 23.9 Å². The fourth-order valence-corrected chi connectivity index (χ4v) is 3.52. The summed E-state index contributed by atoms with van der Waals surface area (Å²) in [5, 5.41) is 5.44. The Balaban J connectivity index is 2.37. The zero-order valence-corrected chi connectivity index (χ0v) is 16.3. The van der Waals surface area contributed by atoms with Gasteiger partial charge in [0.2, 0.25) is 0 Å². The number of Topliss-reactive ketones (excluding diaryl/α,β-unsaturated/α-hetero) is 1. The molecule has 8 heteroatoms. The third kappa shape index (κ3) is 4.40. The highest BCUT2D eigenvalue weighted by Gasteiger charge is 2.26. The van der Waals surface area contributed by atoms with Crippen LogP contribution in [-0.4, -0.2) is 37.2 Å². The molecule has 2 aromatic rings. The Labute approximate surface area is 160 Å². The molecule has 2 N–H and O–H groups in total. The highest BCUT2D eigenvalue weighted by atomic mass is 32.1. The van der Waals surface area contributed by atoms with Crippen LogP contribution in [0, 0.1) is 6.92 Å². The standard InChI is InChI=1S/C19H20N2O5S/c1-5-26-19(25)15-10(2)14(17(24)20-4)18(27-15)21-16(23)13-8-6-12(7-9-13)11(3)22/h6-9H,5H2,1-4H3,(H,20,24)(H,21,23). The van der Waals surface area contributed by atoms with Gasteiger partial charge < -0.3 is 15.4 Å². The van der Waals surface area contributed by atoms with Crippen molar-refractivity contribution in [3.8, 4) is 0 Å². The van der Waals surface area contributed by atoms with Crippen LogP contribution < -0.4 is 10.6 Å². The molecule has 0 unspecified atom stereocenters. The number of ether oxygens (including phenoxy) is 1. The number of carbonyl (C=O) groups excluding carboxylic acids is 4. The van der Waals surface area contributed by atoms with Gasteiger partial charge in [0.05, 0.1) is 12.2 Å². The molecule has 2 rings (SSSR count). The zero-order chi connectivity index (χ0) is 20.1. The van der Waals surface area contributed by atoms with Gasteiger partial charge in [0.25, 0.3) is 11.8 Å². The van der Waals surface area contributed by atoms with Crippen LogP contribution in [0.25, 0.3) is 0 Å². The van der Waals surface area contributed by atoms with Crippen molar-refractivity contribution in [2.24, 2.45) is 0 Å². The summed E-state index contributed by atoms with van der Waals surface area (Å²) in [6.07, 6.45) is 0. The maximum absolute atomic E-state index is 12.5. The predicted octanol–water partition coefficient (Wildman–Crippen LogP) is 3.05. The van der Waals surface area contributed by atoms with Gasteiger partial charge in [-0.2, -0.15) is 0 Å². The van der Waals surface area contributed by atoms with E-state index in [0.29, 0.717) is 16.7 Å². The van der Waals surface area contributed by atoms with Gasteiger partial charge in [-0.15, -0.1) is 11.3 Å². The molecule has 27 heavy (non-hydrogen) atoms. The lowest BCUT2D eigenvalue weighted by molar-refractivity contribution is 0.0531. The molecule has 1 heterocycles. The van der Waals surface area contributed by atoms with Crippen LogP contribution in [0.1, 0.15) is 60.2 Å². The lowest BCUT2D eigenvalue weighted by atomic mass is 10.1. The van der Waals surface area contributed by atoms with Gasteiger partial charge in [-0.1, -0.05) is 12.1 Å². The summed E-state index contributed by atoms with van der Waals surface area (Å²) < 4.78 is 5.01. The minimum absolute atomic E-state index is 0.100. The largest absolute Gasteiger partial charge is 0.462 e. The normalized spacial score (nSPS) is 10.2. The average molecular weight is 388 g/mol. The molecule has 142 valence electrons. The molecular formula is C19H20N2O5S. The van der Waals surface area contributed by atoms with Crippen molar-refractivity contribution in [2.45, 2.75) is 20.8 Å². The van der Waals surface area contributed by atoms with E-state index in [0.717, 1.165) is 11.3 Å². The minimum Gasteiger partial charge on any atom is -0.462 e. The van der Waals surface area contributed by atoms with Crippen molar-refractivity contribution in [1.82, 2.24) is 5.32 Å². The number of carbonyl (C=O) groups is 4. The molecule has 0 saturated heterocycles. The topological polar surface area (TPSA) is 102 Å². The highest BCUT2D eigenvalue weighted by molar-refractivity contribution is 7.18. The molecule has 0 bridgehead atoms. The molecule has 0 spiro atoms. The first-order valence-corrected chi connectivity index (χ1v) is 9.06. The molecule has 0 aliphatic carbocycles. The van der Waals surface area contributed by atoms with E-state index in [4.69, 9.17) is 4.74 Å². The second-order valence-corrected chi connectivity index (χ2v) is 6.67. The number of ketones is 1. The van der Waals surface area contributed by atoms with E-state index in [2.05, 4.69) is 10.6 Å². The van der Waals surface area contributed by atoms with Crippen molar-refractivity contribution in [3.05, 3.63) is 51.4 Å². The smallest absolute Gasteiger partial charge is 0.348 e. The molecule has 0 fully saturated rings. The lowest BCUT2D eigenvalue weighted by Crippen LogP contribution is -2.21. The summed E-state index contributed by atoms with van der Waals surface area (Å²) in [5.41, 5.74) is 1.49. The van der Waals surface area contributed by atoms with Gasteiger partial charge in [0, 0.05) is 18.2 Å². The number of nitrogens with one attached hydrogen (secondary N) is 2. The fourth-order valence-electron chi connectivity index (χ4n) is 2.42. The molecule has 2 amide bonds. The Hall–Kier alpha value is -3.00.